The Kier molecular flexibility index (Phi) is 77.2. The van der Waals surface area contributed by atoms with Gasteiger partial charge in [-0.3, -0.25) is 12.5 Å². The van der Waals surface area contributed by atoms with Crippen LogP contribution in [0.3, 0.4) is 0 Å². The first kappa shape index (κ1) is 80.0. The van der Waals surface area contributed by atoms with Crippen molar-refractivity contribution >= 4 is 31.2 Å². The fraction of sp³-hybridized carbons (Fsp3) is 1.00. The maximum absolute atomic E-state index is 10.2. The zero-order valence-corrected chi connectivity index (χ0v) is 52.4. The SMILES string of the molecule is CCCCCCCCCCCCCCCCOS(=O)(=O)[O-].CCCCCCCCCCCCCCCCOS(=O)(=O)[O-].CCCCCCCCCCCCCCCCOS(=O)(=O)[O-].[Na+].[Na+].[Na+]. The van der Waals surface area contributed by atoms with Crippen LogP contribution in [-0.2, 0) is 43.7 Å². The fourth-order valence-corrected chi connectivity index (χ4v) is 8.34. The molecule has 0 rings (SSSR count). The van der Waals surface area contributed by atoms with Gasteiger partial charge < -0.3 is 13.7 Å². The average molecular weight is 1030 g/mol. The molecule has 0 aromatic rings. The Hall–Kier alpha value is 2.61. The largest absolute Gasteiger partial charge is 1.00 e. The van der Waals surface area contributed by atoms with Crippen LogP contribution in [-0.4, -0.2) is 58.7 Å². The summed E-state index contributed by atoms with van der Waals surface area (Å²) in [7, 11) is -13.5. The predicted molar refractivity (Wildman–Crippen MR) is 258 cm³/mol. The van der Waals surface area contributed by atoms with Crippen molar-refractivity contribution in [1.29, 1.82) is 0 Å². The van der Waals surface area contributed by atoms with Crippen LogP contribution in [0.15, 0.2) is 0 Å². The second-order valence-corrected chi connectivity index (χ2v) is 20.6. The van der Waals surface area contributed by atoms with Crippen molar-refractivity contribution in [2.24, 2.45) is 0 Å². The summed E-state index contributed by atoms with van der Waals surface area (Å²) in [6.07, 6.45) is 52.2. The first-order valence-corrected chi connectivity index (χ1v) is 30.0. The van der Waals surface area contributed by atoms with E-state index in [2.05, 4.69) is 33.3 Å². The molecule has 18 heteroatoms. The minimum absolute atomic E-state index is 0. The van der Waals surface area contributed by atoms with E-state index in [1.165, 1.54) is 212 Å². The van der Waals surface area contributed by atoms with E-state index in [4.69, 9.17) is 0 Å². The van der Waals surface area contributed by atoms with E-state index in [1.807, 2.05) is 0 Å². The molecule has 66 heavy (non-hydrogen) atoms. The van der Waals surface area contributed by atoms with E-state index < -0.39 is 31.2 Å². The summed E-state index contributed by atoms with van der Waals surface area (Å²) >= 11 is 0. The normalized spacial score (nSPS) is 11.4. The standard InChI is InChI=1S/3C16H34O4S.3Na/c3*1-2-3-4-5-6-7-8-9-10-11-12-13-14-15-16-20-21(17,18)19;;;/h3*2-16H2,1H3,(H,17,18,19);;;/q;;;3*+1/p-3. The van der Waals surface area contributed by atoms with Crippen LogP contribution in [0.2, 0.25) is 0 Å². The predicted octanol–water partition coefficient (Wildman–Crippen LogP) is 5.85. The first-order chi connectivity index (χ1) is 30.2. The Morgan fingerprint density at radius 2 is 0.333 bits per heavy atom. The van der Waals surface area contributed by atoms with Gasteiger partial charge in [-0.2, -0.15) is 0 Å². The molecular weight excluding hydrogens is 934 g/mol. The summed E-state index contributed by atoms with van der Waals surface area (Å²) in [6.45, 7) is 6.84. The van der Waals surface area contributed by atoms with Gasteiger partial charge >= 0.3 is 88.7 Å². The first-order valence-electron chi connectivity index (χ1n) is 26.0. The van der Waals surface area contributed by atoms with Gasteiger partial charge in [0.2, 0.25) is 31.2 Å². The second kappa shape index (κ2) is 63.7. The molecule has 0 saturated carbocycles. The molecule has 0 fully saturated rings. The van der Waals surface area contributed by atoms with Crippen molar-refractivity contribution < 1.29 is 140 Å². The maximum Gasteiger partial charge on any atom is 1.00 e. The molecule has 0 unspecified atom stereocenters. The van der Waals surface area contributed by atoms with E-state index in [0.29, 0.717) is 19.3 Å². The van der Waals surface area contributed by atoms with Crippen LogP contribution in [0, 0.1) is 0 Å². The van der Waals surface area contributed by atoms with Gasteiger partial charge in [-0.1, -0.05) is 271 Å². The van der Waals surface area contributed by atoms with Gasteiger partial charge in [0.15, 0.2) is 0 Å². The molecule has 12 nitrogen and oxygen atoms in total. The molecule has 0 heterocycles. The maximum atomic E-state index is 10.2. The van der Waals surface area contributed by atoms with Gasteiger partial charge in [0.1, 0.15) is 0 Å². The van der Waals surface area contributed by atoms with E-state index >= 15 is 0 Å². The van der Waals surface area contributed by atoms with E-state index in [1.54, 1.807) is 0 Å². The van der Waals surface area contributed by atoms with Crippen molar-refractivity contribution in [2.45, 2.75) is 290 Å². The third kappa shape index (κ3) is 89.5. The van der Waals surface area contributed by atoms with E-state index in [-0.39, 0.29) is 108 Å². The molecule has 0 bridgehead atoms. The number of rotatable bonds is 48. The zero-order chi connectivity index (χ0) is 47.4. The Balaban J connectivity index is -0.000000200. The molecule has 0 N–H and O–H groups in total. The van der Waals surface area contributed by atoms with Crippen molar-refractivity contribution in [3.63, 3.8) is 0 Å². The minimum atomic E-state index is -4.49. The monoisotopic (exact) mass is 1030 g/mol. The Labute approximate surface area is 476 Å². The summed E-state index contributed by atoms with van der Waals surface area (Å²) in [5.74, 6) is 0. The van der Waals surface area contributed by atoms with Crippen LogP contribution in [0.1, 0.15) is 290 Å². The van der Waals surface area contributed by atoms with Crippen LogP contribution >= 0.6 is 0 Å². The third-order valence-corrected chi connectivity index (χ3v) is 12.5. The van der Waals surface area contributed by atoms with Gasteiger partial charge in [-0.05, 0) is 19.3 Å². The van der Waals surface area contributed by atoms with Gasteiger partial charge in [-0.25, -0.2) is 25.3 Å². The van der Waals surface area contributed by atoms with Crippen molar-refractivity contribution in [2.75, 3.05) is 19.8 Å². The average Bonchev–Trinajstić information content (AvgIpc) is 3.21. The Morgan fingerprint density at radius 1 is 0.227 bits per heavy atom. The number of hydrogen-bond donors (Lipinski definition) is 0. The fourth-order valence-electron chi connectivity index (χ4n) is 7.37. The third-order valence-electron chi connectivity index (χ3n) is 11.2. The molecule has 0 aliphatic heterocycles. The molecule has 0 aliphatic rings. The van der Waals surface area contributed by atoms with Gasteiger partial charge in [0.25, 0.3) is 0 Å². The molecule has 0 aromatic heterocycles. The molecular formula is C48H99Na3O12S3. The van der Waals surface area contributed by atoms with Crippen LogP contribution in [0.4, 0.5) is 0 Å². The molecule has 384 valence electrons. The van der Waals surface area contributed by atoms with E-state index in [0.717, 1.165) is 38.5 Å². The minimum Gasteiger partial charge on any atom is -0.726 e. The van der Waals surface area contributed by atoms with Crippen molar-refractivity contribution in [1.82, 2.24) is 0 Å². The quantitative estimate of drug-likeness (QED) is 0.0306. The Morgan fingerprint density at radius 3 is 0.439 bits per heavy atom. The van der Waals surface area contributed by atoms with Crippen LogP contribution < -0.4 is 88.7 Å². The second-order valence-electron chi connectivity index (χ2n) is 17.5. The molecule has 0 saturated heterocycles. The summed E-state index contributed by atoms with van der Waals surface area (Å²) < 4.78 is 104. The molecule has 0 aromatic carbocycles. The van der Waals surface area contributed by atoms with E-state index in [9.17, 15) is 38.9 Å². The smallest absolute Gasteiger partial charge is 0.726 e. The number of unbranched alkanes of at least 4 members (excludes halogenated alkanes) is 39. The summed E-state index contributed by atoms with van der Waals surface area (Å²) in [5, 5.41) is 0. The van der Waals surface area contributed by atoms with Crippen LogP contribution in [0.25, 0.3) is 0 Å². The summed E-state index contributed by atoms with van der Waals surface area (Å²) in [5.41, 5.74) is 0. The molecule has 0 amide bonds. The summed E-state index contributed by atoms with van der Waals surface area (Å²) in [6, 6.07) is 0. The van der Waals surface area contributed by atoms with Gasteiger partial charge in [0, 0.05) is 0 Å². The van der Waals surface area contributed by atoms with Gasteiger partial charge in [0.05, 0.1) is 19.8 Å². The molecule has 0 aliphatic carbocycles. The Bertz CT molecular complexity index is 1070. The van der Waals surface area contributed by atoms with Gasteiger partial charge in [-0.15, -0.1) is 0 Å². The molecule has 0 spiro atoms. The van der Waals surface area contributed by atoms with Crippen molar-refractivity contribution in [3.8, 4) is 0 Å². The summed E-state index contributed by atoms with van der Waals surface area (Å²) in [4.78, 5) is 0. The van der Waals surface area contributed by atoms with Crippen molar-refractivity contribution in [3.05, 3.63) is 0 Å². The molecule has 0 atom stereocenters. The number of hydrogen-bond acceptors (Lipinski definition) is 12. The molecule has 0 radical (unpaired) electrons. The topological polar surface area (TPSA) is 199 Å². The van der Waals surface area contributed by atoms with Crippen LogP contribution in [0.5, 0.6) is 0 Å². The zero-order valence-electron chi connectivity index (χ0n) is 43.9.